The van der Waals surface area contributed by atoms with Crippen LogP contribution in [0.15, 0.2) is 59.3 Å². The number of amides is 1. The van der Waals surface area contributed by atoms with Crippen molar-refractivity contribution in [3.63, 3.8) is 0 Å². The maximum atomic E-state index is 12.5. The summed E-state index contributed by atoms with van der Waals surface area (Å²) >= 11 is 0. The Labute approximate surface area is 159 Å². The van der Waals surface area contributed by atoms with Crippen molar-refractivity contribution in [3.05, 3.63) is 66.2 Å². The number of carbonyl (C=O) groups excluding carboxylic acids is 1. The van der Waals surface area contributed by atoms with Gasteiger partial charge in [-0.1, -0.05) is 32.9 Å². The largest absolute Gasteiger partial charge is 0.481 e. The van der Waals surface area contributed by atoms with E-state index >= 15 is 0 Å². The van der Waals surface area contributed by atoms with Crippen LogP contribution in [0.4, 0.5) is 5.82 Å². The van der Waals surface area contributed by atoms with E-state index in [0.717, 1.165) is 5.76 Å². The van der Waals surface area contributed by atoms with Crippen molar-refractivity contribution in [1.82, 2.24) is 9.78 Å². The van der Waals surface area contributed by atoms with Gasteiger partial charge >= 0.3 is 0 Å². The van der Waals surface area contributed by atoms with Crippen LogP contribution in [-0.4, -0.2) is 21.8 Å². The minimum atomic E-state index is -0.641. The van der Waals surface area contributed by atoms with Crippen molar-refractivity contribution in [2.75, 3.05) is 5.32 Å². The third-order valence-corrected chi connectivity index (χ3v) is 4.26. The van der Waals surface area contributed by atoms with Crippen LogP contribution < -0.4 is 10.1 Å². The predicted molar refractivity (Wildman–Crippen MR) is 104 cm³/mol. The molecule has 0 bridgehead atoms. The Balaban J connectivity index is 1.61. The first-order chi connectivity index (χ1) is 12.8. The van der Waals surface area contributed by atoms with E-state index in [9.17, 15) is 4.79 Å². The molecule has 2 heterocycles. The molecule has 0 saturated heterocycles. The number of anilines is 1. The number of aromatic nitrogens is 2. The van der Waals surface area contributed by atoms with Crippen LogP contribution >= 0.6 is 0 Å². The molecule has 2 aromatic heterocycles. The van der Waals surface area contributed by atoms with Gasteiger partial charge in [-0.2, -0.15) is 5.10 Å². The van der Waals surface area contributed by atoms with E-state index in [4.69, 9.17) is 9.15 Å². The minimum absolute atomic E-state index is 0.0773. The van der Waals surface area contributed by atoms with Crippen LogP contribution in [0.1, 0.15) is 39.0 Å². The smallest absolute Gasteiger partial charge is 0.266 e. The number of hydrogen-bond donors (Lipinski definition) is 1. The normalized spacial score (nSPS) is 12.6. The van der Waals surface area contributed by atoms with Crippen LogP contribution in [0, 0.1) is 0 Å². The Morgan fingerprint density at radius 2 is 1.96 bits per heavy atom. The molecule has 27 heavy (non-hydrogen) atoms. The van der Waals surface area contributed by atoms with E-state index in [1.807, 2.05) is 36.4 Å². The Morgan fingerprint density at radius 1 is 1.22 bits per heavy atom. The summed E-state index contributed by atoms with van der Waals surface area (Å²) in [4.78, 5) is 12.5. The van der Waals surface area contributed by atoms with E-state index in [-0.39, 0.29) is 11.3 Å². The molecular formula is C21H25N3O3. The maximum Gasteiger partial charge on any atom is 0.266 e. The molecule has 0 aliphatic rings. The quantitative estimate of drug-likeness (QED) is 0.708. The molecular weight excluding hydrogens is 342 g/mol. The summed E-state index contributed by atoms with van der Waals surface area (Å²) in [5, 5.41) is 7.07. The minimum Gasteiger partial charge on any atom is -0.481 e. The molecule has 0 fully saturated rings. The molecule has 142 valence electrons. The first-order valence-electron chi connectivity index (χ1n) is 8.95. The summed E-state index contributed by atoms with van der Waals surface area (Å²) in [5.41, 5.74) is 1.29. The van der Waals surface area contributed by atoms with Crippen molar-refractivity contribution in [2.24, 2.45) is 0 Å². The first kappa shape index (κ1) is 18.8. The second-order valence-corrected chi connectivity index (χ2v) is 7.48. The zero-order chi connectivity index (χ0) is 19.4. The van der Waals surface area contributed by atoms with Crippen molar-refractivity contribution in [1.29, 1.82) is 0 Å². The third-order valence-electron chi connectivity index (χ3n) is 4.26. The molecule has 0 spiro atoms. The van der Waals surface area contributed by atoms with Gasteiger partial charge in [0, 0.05) is 6.07 Å². The van der Waals surface area contributed by atoms with Gasteiger partial charge in [-0.05, 0) is 42.2 Å². The number of rotatable bonds is 6. The van der Waals surface area contributed by atoms with Crippen LogP contribution in [0.25, 0.3) is 0 Å². The van der Waals surface area contributed by atoms with Gasteiger partial charge < -0.3 is 14.5 Å². The SMILES string of the molecule is CC(Oc1ccc(C(C)(C)C)cc1)C(=O)Nc1ccnn1Cc1ccco1. The second-order valence-electron chi connectivity index (χ2n) is 7.48. The van der Waals surface area contributed by atoms with Crippen molar-refractivity contribution in [3.8, 4) is 5.75 Å². The lowest BCUT2D eigenvalue weighted by Gasteiger charge is -2.20. The van der Waals surface area contributed by atoms with E-state index in [2.05, 4.69) is 31.2 Å². The van der Waals surface area contributed by atoms with E-state index < -0.39 is 6.10 Å². The molecule has 0 aliphatic carbocycles. The topological polar surface area (TPSA) is 69.3 Å². The predicted octanol–water partition coefficient (Wildman–Crippen LogP) is 4.23. The van der Waals surface area contributed by atoms with E-state index in [1.54, 1.807) is 30.1 Å². The highest BCUT2D eigenvalue weighted by molar-refractivity contribution is 5.93. The van der Waals surface area contributed by atoms with Crippen LogP contribution in [0.2, 0.25) is 0 Å². The molecule has 0 aliphatic heterocycles. The monoisotopic (exact) mass is 367 g/mol. The molecule has 1 atom stereocenters. The molecule has 0 radical (unpaired) electrons. The standard InChI is InChI=1S/C21H25N3O3/c1-15(27-17-9-7-16(8-10-17)21(2,3)4)20(25)23-19-11-12-22-24(19)14-18-6-5-13-26-18/h5-13,15H,14H2,1-4H3,(H,23,25). The Hall–Kier alpha value is -3.02. The lowest BCUT2D eigenvalue weighted by atomic mass is 9.87. The lowest BCUT2D eigenvalue weighted by Crippen LogP contribution is -2.31. The number of benzene rings is 1. The molecule has 1 amide bonds. The average Bonchev–Trinajstić information content (AvgIpc) is 3.27. The summed E-state index contributed by atoms with van der Waals surface area (Å²) in [6.45, 7) is 8.64. The molecule has 1 unspecified atom stereocenters. The number of nitrogens with one attached hydrogen (secondary N) is 1. The lowest BCUT2D eigenvalue weighted by molar-refractivity contribution is -0.122. The van der Waals surface area contributed by atoms with Gasteiger partial charge in [-0.15, -0.1) is 0 Å². The van der Waals surface area contributed by atoms with Crippen molar-refractivity contribution in [2.45, 2.75) is 45.8 Å². The fourth-order valence-electron chi connectivity index (χ4n) is 2.63. The Kier molecular flexibility index (Phi) is 5.35. The first-order valence-corrected chi connectivity index (χ1v) is 8.95. The van der Waals surface area contributed by atoms with Gasteiger partial charge in [0.25, 0.3) is 5.91 Å². The third kappa shape index (κ3) is 4.78. The summed E-state index contributed by atoms with van der Waals surface area (Å²) in [7, 11) is 0. The summed E-state index contributed by atoms with van der Waals surface area (Å²) in [5.74, 6) is 1.78. The maximum absolute atomic E-state index is 12.5. The van der Waals surface area contributed by atoms with Gasteiger partial charge in [0.2, 0.25) is 0 Å². The fourth-order valence-corrected chi connectivity index (χ4v) is 2.63. The summed E-state index contributed by atoms with van der Waals surface area (Å²) in [6.07, 6.45) is 2.60. The van der Waals surface area contributed by atoms with E-state index in [0.29, 0.717) is 18.1 Å². The number of carbonyl (C=O) groups is 1. The van der Waals surface area contributed by atoms with Gasteiger partial charge in [0.05, 0.1) is 12.5 Å². The molecule has 3 aromatic rings. The number of ether oxygens (including phenoxy) is 1. The number of furan rings is 1. The highest BCUT2D eigenvalue weighted by atomic mass is 16.5. The fraction of sp³-hybridized carbons (Fsp3) is 0.333. The van der Waals surface area contributed by atoms with E-state index in [1.165, 1.54) is 5.56 Å². The summed E-state index contributed by atoms with van der Waals surface area (Å²) < 4.78 is 12.8. The highest BCUT2D eigenvalue weighted by Gasteiger charge is 2.18. The molecule has 1 aromatic carbocycles. The second kappa shape index (κ2) is 7.70. The van der Waals surface area contributed by atoms with Gasteiger partial charge in [0.1, 0.15) is 23.9 Å². The molecule has 6 heteroatoms. The van der Waals surface area contributed by atoms with Crippen molar-refractivity contribution < 1.29 is 13.9 Å². The highest BCUT2D eigenvalue weighted by Crippen LogP contribution is 2.24. The van der Waals surface area contributed by atoms with Gasteiger partial charge in [0.15, 0.2) is 6.10 Å². The van der Waals surface area contributed by atoms with Crippen molar-refractivity contribution >= 4 is 11.7 Å². The summed E-state index contributed by atoms with van der Waals surface area (Å²) in [6, 6.07) is 13.3. The zero-order valence-corrected chi connectivity index (χ0v) is 16.1. The zero-order valence-electron chi connectivity index (χ0n) is 16.1. The molecule has 0 saturated carbocycles. The molecule has 1 N–H and O–H groups in total. The molecule has 3 rings (SSSR count). The van der Waals surface area contributed by atoms with Crippen LogP contribution in [0.3, 0.4) is 0 Å². The Bertz CT molecular complexity index is 874. The van der Waals surface area contributed by atoms with Crippen LogP contribution in [-0.2, 0) is 16.8 Å². The Morgan fingerprint density at radius 3 is 2.59 bits per heavy atom. The number of nitrogens with zero attached hydrogens (tertiary/aromatic N) is 2. The van der Waals surface area contributed by atoms with Gasteiger partial charge in [-0.3, -0.25) is 4.79 Å². The van der Waals surface area contributed by atoms with Gasteiger partial charge in [-0.25, -0.2) is 4.68 Å². The average molecular weight is 367 g/mol. The van der Waals surface area contributed by atoms with Crippen LogP contribution in [0.5, 0.6) is 5.75 Å². The molecule has 6 nitrogen and oxygen atoms in total. The number of hydrogen-bond acceptors (Lipinski definition) is 4.